The molecular weight excluding hydrogens is 320 g/mol. The summed E-state index contributed by atoms with van der Waals surface area (Å²) >= 11 is 0. The van der Waals surface area contributed by atoms with Crippen LogP contribution < -0.4 is 4.72 Å². The van der Waals surface area contributed by atoms with Crippen molar-refractivity contribution in [3.05, 3.63) is 78.0 Å². The SMILES string of the molecule is Cc1cc(C)nc(NS(=O)(=O)c2ccc(-c3ccccc3)cc2)c1. The summed E-state index contributed by atoms with van der Waals surface area (Å²) in [6.45, 7) is 3.74. The van der Waals surface area contributed by atoms with Crippen molar-refractivity contribution in [1.29, 1.82) is 0 Å². The van der Waals surface area contributed by atoms with Crippen molar-refractivity contribution in [2.24, 2.45) is 0 Å². The van der Waals surface area contributed by atoms with Gasteiger partial charge in [-0.3, -0.25) is 4.72 Å². The predicted octanol–water partition coefficient (Wildman–Crippen LogP) is 4.17. The van der Waals surface area contributed by atoms with Gasteiger partial charge in [0.05, 0.1) is 4.90 Å². The van der Waals surface area contributed by atoms with E-state index in [1.807, 2.05) is 50.2 Å². The van der Waals surface area contributed by atoms with Gasteiger partial charge in [0.2, 0.25) is 0 Å². The molecule has 3 aromatic rings. The van der Waals surface area contributed by atoms with Gasteiger partial charge in [0.15, 0.2) is 0 Å². The maximum Gasteiger partial charge on any atom is 0.263 e. The third-order valence-electron chi connectivity index (χ3n) is 3.61. The minimum Gasteiger partial charge on any atom is -0.263 e. The van der Waals surface area contributed by atoms with Gasteiger partial charge in [-0.25, -0.2) is 13.4 Å². The zero-order valence-electron chi connectivity index (χ0n) is 13.5. The molecule has 0 radical (unpaired) electrons. The predicted molar refractivity (Wildman–Crippen MR) is 96.4 cm³/mol. The van der Waals surface area contributed by atoms with E-state index in [-0.39, 0.29) is 4.90 Å². The second kappa shape index (κ2) is 6.45. The van der Waals surface area contributed by atoms with Crippen LogP contribution in [0, 0.1) is 13.8 Å². The fourth-order valence-corrected chi connectivity index (χ4v) is 3.54. The van der Waals surface area contributed by atoms with Crippen molar-refractivity contribution in [1.82, 2.24) is 4.98 Å². The zero-order valence-corrected chi connectivity index (χ0v) is 14.3. The Morgan fingerprint density at radius 3 is 2.08 bits per heavy atom. The summed E-state index contributed by atoms with van der Waals surface area (Å²) in [4.78, 5) is 4.43. The lowest BCUT2D eigenvalue weighted by molar-refractivity contribution is 0.601. The summed E-state index contributed by atoms with van der Waals surface area (Å²) in [6.07, 6.45) is 0. The Labute approximate surface area is 142 Å². The number of hydrogen-bond donors (Lipinski definition) is 1. The van der Waals surface area contributed by atoms with Crippen molar-refractivity contribution in [2.45, 2.75) is 18.7 Å². The third-order valence-corrected chi connectivity index (χ3v) is 4.98. The van der Waals surface area contributed by atoms with Gasteiger partial charge in [0.1, 0.15) is 5.82 Å². The van der Waals surface area contributed by atoms with Crippen molar-refractivity contribution in [3.63, 3.8) is 0 Å². The summed E-state index contributed by atoms with van der Waals surface area (Å²) < 4.78 is 27.6. The quantitative estimate of drug-likeness (QED) is 0.777. The van der Waals surface area contributed by atoms with E-state index in [0.29, 0.717) is 5.82 Å². The number of aryl methyl sites for hydroxylation is 2. The number of nitrogens with zero attached hydrogens (tertiary/aromatic N) is 1. The van der Waals surface area contributed by atoms with Crippen molar-refractivity contribution in [3.8, 4) is 11.1 Å². The first-order chi connectivity index (χ1) is 11.4. The highest BCUT2D eigenvalue weighted by molar-refractivity contribution is 7.92. The van der Waals surface area contributed by atoms with Crippen LogP contribution in [-0.4, -0.2) is 13.4 Å². The third kappa shape index (κ3) is 3.63. The number of aromatic nitrogens is 1. The lowest BCUT2D eigenvalue weighted by atomic mass is 10.1. The largest absolute Gasteiger partial charge is 0.263 e. The Kier molecular flexibility index (Phi) is 4.36. The van der Waals surface area contributed by atoms with Crippen LogP contribution in [0.3, 0.4) is 0 Å². The molecule has 1 N–H and O–H groups in total. The normalized spacial score (nSPS) is 11.2. The number of hydrogen-bond acceptors (Lipinski definition) is 3. The summed E-state index contributed by atoms with van der Waals surface area (Å²) in [5.41, 5.74) is 3.75. The molecule has 1 heterocycles. The van der Waals surface area contributed by atoms with Crippen LogP contribution >= 0.6 is 0 Å². The molecule has 1 aromatic heterocycles. The van der Waals surface area contributed by atoms with Gasteiger partial charge < -0.3 is 0 Å². The standard InChI is InChI=1S/C19H18N2O2S/c1-14-12-15(2)20-19(13-14)21-24(22,23)18-10-8-17(9-11-18)16-6-4-3-5-7-16/h3-13H,1-2H3,(H,20,21). The van der Waals surface area contributed by atoms with E-state index in [4.69, 9.17) is 0 Å². The minimum absolute atomic E-state index is 0.211. The van der Waals surface area contributed by atoms with Crippen molar-refractivity contribution >= 4 is 15.8 Å². The highest BCUT2D eigenvalue weighted by atomic mass is 32.2. The van der Waals surface area contributed by atoms with E-state index < -0.39 is 10.0 Å². The molecule has 0 amide bonds. The Bertz CT molecular complexity index is 930. The first-order valence-corrected chi connectivity index (χ1v) is 9.06. The average molecular weight is 338 g/mol. The zero-order chi connectivity index (χ0) is 17.2. The number of sulfonamides is 1. The Morgan fingerprint density at radius 1 is 0.833 bits per heavy atom. The molecule has 0 aliphatic carbocycles. The van der Waals surface area contributed by atoms with E-state index in [0.717, 1.165) is 22.4 Å². The molecule has 24 heavy (non-hydrogen) atoms. The van der Waals surface area contributed by atoms with E-state index in [2.05, 4.69) is 9.71 Å². The number of anilines is 1. The summed E-state index contributed by atoms with van der Waals surface area (Å²) in [5.74, 6) is 0.333. The molecule has 0 aliphatic heterocycles. The van der Waals surface area contributed by atoms with Gasteiger partial charge in [-0.05, 0) is 54.8 Å². The average Bonchev–Trinajstić information content (AvgIpc) is 2.54. The molecule has 0 spiro atoms. The first kappa shape index (κ1) is 16.2. The fourth-order valence-electron chi connectivity index (χ4n) is 2.55. The molecule has 2 aromatic carbocycles. The monoisotopic (exact) mass is 338 g/mol. The lowest BCUT2D eigenvalue weighted by Gasteiger charge is -2.09. The molecule has 0 saturated carbocycles. The highest BCUT2D eigenvalue weighted by Crippen LogP contribution is 2.22. The molecular formula is C19H18N2O2S. The van der Waals surface area contributed by atoms with Crippen LogP contribution in [0.2, 0.25) is 0 Å². The minimum atomic E-state index is -3.66. The van der Waals surface area contributed by atoms with Crippen LogP contribution in [0.4, 0.5) is 5.82 Å². The molecule has 0 fully saturated rings. The maximum atomic E-state index is 12.5. The van der Waals surface area contributed by atoms with Gasteiger partial charge in [-0.2, -0.15) is 0 Å². The molecule has 0 unspecified atom stereocenters. The van der Waals surface area contributed by atoms with Crippen molar-refractivity contribution in [2.75, 3.05) is 4.72 Å². The summed E-state index contributed by atoms with van der Waals surface area (Å²) in [6, 6.07) is 20.2. The van der Waals surface area contributed by atoms with Gasteiger partial charge in [0.25, 0.3) is 10.0 Å². The van der Waals surface area contributed by atoms with E-state index >= 15 is 0 Å². The van der Waals surface area contributed by atoms with Crippen LogP contribution in [0.15, 0.2) is 71.6 Å². The maximum absolute atomic E-state index is 12.5. The second-order valence-corrected chi connectivity index (χ2v) is 7.35. The van der Waals surface area contributed by atoms with Gasteiger partial charge in [-0.1, -0.05) is 42.5 Å². The first-order valence-electron chi connectivity index (χ1n) is 7.58. The molecule has 122 valence electrons. The molecule has 0 atom stereocenters. The summed E-state index contributed by atoms with van der Waals surface area (Å²) in [7, 11) is -3.66. The molecule has 0 aliphatic rings. The van der Waals surface area contributed by atoms with Gasteiger partial charge in [-0.15, -0.1) is 0 Å². The molecule has 0 bridgehead atoms. The fraction of sp³-hybridized carbons (Fsp3) is 0.105. The molecule has 0 saturated heterocycles. The van der Waals surface area contributed by atoms with Crippen LogP contribution in [-0.2, 0) is 10.0 Å². The Balaban J connectivity index is 1.87. The Hall–Kier alpha value is -2.66. The molecule has 5 heteroatoms. The van der Waals surface area contributed by atoms with Crippen LogP contribution in [0.25, 0.3) is 11.1 Å². The number of rotatable bonds is 4. The smallest absolute Gasteiger partial charge is 0.263 e. The van der Waals surface area contributed by atoms with E-state index in [1.165, 1.54) is 0 Å². The van der Waals surface area contributed by atoms with Crippen molar-refractivity contribution < 1.29 is 8.42 Å². The van der Waals surface area contributed by atoms with E-state index in [1.54, 1.807) is 30.3 Å². The number of nitrogens with one attached hydrogen (secondary N) is 1. The topological polar surface area (TPSA) is 59.1 Å². The van der Waals surface area contributed by atoms with Gasteiger partial charge >= 0.3 is 0 Å². The number of benzene rings is 2. The van der Waals surface area contributed by atoms with Gasteiger partial charge in [0, 0.05) is 5.69 Å². The van der Waals surface area contributed by atoms with E-state index in [9.17, 15) is 8.42 Å². The lowest BCUT2D eigenvalue weighted by Crippen LogP contribution is -2.14. The van der Waals surface area contributed by atoms with Crippen LogP contribution in [0.5, 0.6) is 0 Å². The molecule has 4 nitrogen and oxygen atoms in total. The number of pyridine rings is 1. The Morgan fingerprint density at radius 2 is 1.46 bits per heavy atom. The van der Waals surface area contributed by atoms with Crippen LogP contribution in [0.1, 0.15) is 11.3 Å². The second-order valence-electron chi connectivity index (χ2n) is 5.67. The highest BCUT2D eigenvalue weighted by Gasteiger charge is 2.15. The summed E-state index contributed by atoms with van der Waals surface area (Å²) in [5, 5.41) is 0. The molecule has 3 rings (SSSR count).